The Labute approximate surface area is 179 Å². The molecule has 3 N–H and O–H groups in total. The summed E-state index contributed by atoms with van der Waals surface area (Å²) in [6.45, 7) is -0.217. The van der Waals surface area contributed by atoms with Gasteiger partial charge in [-0.2, -0.15) is 13.2 Å². The molecule has 0 radical (unpaired) electrons. The lowest BCUT2D eigenvalue weighted by molar-refractivity contribution is -0.137. The van der Waals surface area contributed by atoms with Gasteiger partial charge in [-0.3, -0.25) is 19.7 Å². The number of carbonyl (C=O) groups excluding carboxylic acids is 3. The number of hydrogen-bond acceptors (Lipinski definition) is 6. The number of ether oxygens (including phenoxy) is 1. The van der Waals surface area contributed by atoms with Crippen molar-refractivity contribution in [1.29, 1.82) is 0 Å². The molecule has 1 aliphatic heterocycles. The number of imide groups is 1. The number of benzene rings is 2. The van der Waals surface area contributed by atoms with Crippen LogP contribution >= 0.6 is 11.8 Å². The normalized spacial score (nSPS) is 16.2. The summed E-state index contributed by atoms with van der Waals surface area (Å²) in [6.07, 6.45) is -4.38. The van der Waals surface area contributed by atoms with Gasteiger partial charge in [-0.25, -0.2) is 0 Å². The monoisotopic (exact) mass is 454 g/mol. The molecule has 0 saturated carbocycles. The van der Waals surface area contributed by atoms with Crippen LogP contribution in [-0.2, 0) is 23.9 Å². The van der Waals surface area contributed by atoms with Gasteiger partial charge in [0.15, 0.2) is 0 Å². The number of rotatable bonds is 6. The number of thioether (sulfide) groups is 1. The molecule has 164 valence electrons. The Hall–Kier alpha value is -3.21. The van der Waals surface area contributed by atoms with Crippen molar-refractivity contribution < 1.29 is 37.4 Å². The molecule has 7 nitrogen and oxygen atoms in total. The van der Waals surface area contributed by atoms with E-state index in [9.17, 15) is 32.7 Å². The highest BCUT2D eigenvalue weighted by Gasteiger charge is 2.32. The second-order valence-electron chi connectivity index (χ2n) is 6.65. The standard InChI is InChI=1S/C20H17F3N2O5S/c1-30-15-5-2-10(7-16-18(28)25-19(29)31-16)6-13(15)17(27)24-9-11-3-4-12(8-14(11)26)20(21,22)23/h2-6,8,16,26H,7,9H2,1H3,(H,24,27)(H,25,28,29). The molecule has 31 heavy (non-hydrogen) atoms. The predicted molar refractivity (Wildman–Crippen MR) is 106 cm³/mol. The second kappa shape index (κ2) is 8.88. The molecule has 0 aliphatic carbocycles. The summed E-state index contributed by atoms with van der Waals surface area (Å²) < 4.78 is 43.3. The molecule has 3 rings (SSSR count). The van der Waals surface area contributed by atoms with Crippen LogP contribution in [0.3, 0.4) is 0 Å². The summed E-state index contributed by atoms with van der Waals surface area (Å²) in [5.74, 6) is -1.34. The smallest absolute Gasteiger partial charge is 0.416 e. The molecule has 1 aliphatic rings. The largest absolute Gasteiger partial charge is 0.508 e. The highest BCUT2D eigenvalue weighted by Crippen LogP contribution is 2.32. The van der Waals surface area contributed by atoms with E-state index in [1.165, 1.54) is 13.2 Å². The maximum absolute atomic E-state index is 12.7. The molecule has 2 aromatic carbocycles. The van der Waals surface area contributed by atoms with Gasteiger partial charge in [-0.1, -0.05) is 23.9 Å². The maximum atomic E-state index is 12.7. The van der Waals surface area contributed by atoms with Gasteiger partial charge in [-0.15, -0.1) is 0 Å². The number of methoxy groups -OCH3 is 1. The van der Waals surface area contributed by atoms with Crippen LogP contribution in [0.5, 0.6) is 11.5 Å². The third-order valence-corrected chi connectivity index (χ3v) is 5.53. The molecule has 0 spiro atoms. The first-order valence-electron chi connectivity index (χ1n) is 8.94. The molecule has 2 aromatic rings. The molecular formula is C20H17F3N2O5S. The average molecular weight is 454 g/mol. The number of alkyl halides is 3. The molecule has 1 atom stereocenters. The van der Waals surface area contributed by atoms with Crippen LogP contribution in [0.1, 0.15) is 27.0 Å². The van der Waals surface area contributed by atoms with Crippen LogP contribution in [0, 0.1) is 0 Å². The van der Waals surface area contributed by atoms with E-state index in [2.05, 4.69) is 10.6 Å². The molecule has 0 aromatic heterocycles. The van der Waals surface area contributed by atoms with Crippen molar-refractivity contribution in [2.45, 2.75) is 24.4 Å². The fourth-order valence-corrected chi connectivity index (χ4v) is 3.82. The number of halogens is 3. The van der Waals surface area contributed by atoms with E-state index in [0.29, 0.717) is 11.6 Å². The fraction of sp³-hybridized carbons (Fsp3) is 0.250. The van der Waals surface area contributed by atoms with Gasteiger partial charge in [0, 0.05) is 12.1 Å². The van der Waals surface area contributed by atoms with Crippen LogP contribution in [0.15, 0.2) is 36.4 Å². The SMILES string of the molecule is COc1ccc(CC2SC(=O)NC2=O)cc1C(=O)NCc1ccc(C(F)(F)F)cc1O. The van der Waals surface area contributed by atoms with Gasteiger partial charge in [0.1, 0.15) is 11.5 Å². The van der Waals surface area contributed by atoms with Crippen LogP contribution in [-0.4, -0.2) is 34.5 Å². The number of aromatic hydroxyl groups is 1. The zero-order valence-corrected chi connectivity index (χ0v) is 16.9. The minimum atomic E-state index is -4.59. The first kappa shape index (κ1) is 22.5. The number of phenolic OH excluding ortho intramolecular Hbond substituents is 1. The number of hydrogen-bond donors (Lipinski definition) is 3. The highest BCUT2D eigenvalue weighted by atomic mass is 32.2. The highest BCUT2D eigenvalue weighted by molar-refractivity contribution is 8.15. The summed E-state index contributed by atoms with van der Waals surface area (Å²) in [5, 5.41) is 13.5. The van der Waals surface area contributed by atoms with Crippen molar-refractivity contribution in [1.82, 2.24) is 10.6 Å². The van der Waals surface area contributed by atoms with Crippen molar-refractivity contribution in [3.8, 4) is 11.5 Å². The van der Waals surface area contributed by atoms with Crippen molar-refractivity contribution in [2.24, 2.45) is 0 Å². The summed E-state index contributed by atoms with van der Waals surface area (Å²) in [4.78, 5) is 35.7. The summed E-state index contributed by atoms with van der Waals surface area (Å²) in [5.41, 5.74) is -0.137. The number of carbonyl (C=O) groups is 3. The molecule has 1 fully saturated rings. The second-order valence-corrected chi connectivity index (χ2v) is 7.82. The molecule has 1 heterocycles. The minimum absolute atomic E-state index is 0.106. The predicted octanol–water partition coefficient (Wildman–Crippen LogP) is 3.24. The maximum Gasteiger partial charge on any atom is 0.416 e. The Bertz CT molecular complexity index is 1040. The van der Waals surface area contributed by atoms with E-state index in [-0.39, 0.29) is 29.8 Å². The fourth-order valence-electron chi connectivity index (χ4n) is 2.96. The third-order valence-electron chi connectivity index (χ3n) is 4.55. The van der Waals surface area contributed by atoms with Gasteiger partial charge in [0.25, 0.3) is 11.1 Å². The van der Waals surface area contributed by atoms with Crippen molar-refractivity contribution in [3.05, 3.63) is 58.7 Å². The van der Waals surface area contributed by atoms with Crippen molar-refractivity contribution in [3.63, 3.8) is 0 Å². The quantitative estimate of drug-likeness (QED) is 0.619. The Kier molecular flexibility index (Phi) is 6.44. The average Bonchev–Trinajstić information content (AvgIpc) is 3.02. The van der Waals surface area contributed by atoms with E-state index in [4.69, 9.17) is 4.74 Å². The zero-order valence-electron chi connectivity index (χ0n) is 16.1. The molecule has 1 saturated heterocycles. The number of amides is 3. The molecule has 0 bridgehead atoms. The van der Waals surface area contributed by atoms with Gasteiger partial charge >= 0.3 is 6.18 Å². The van der Waals surface area contributed by atoms with E-state index in [1.54, 1.807) is 12.1 Å². The lowest BCUT2D eigenvalue weighted by Gasteiger charge is -2.13. The van der Waals surface area contributed by atoms with Crippen LogP contribution < -0.4 is 15.4 Å². The minimum Gasteiger partial charge on any atom is -0.508 e. The topological polar surface area (TPSA) is 105 Å². The zero-order chi connectivity index (χ0) is 22.8. The van der Waals surface area contributed by atoms with Crippen LogP contribution in [0.25, 0.3) is 0 Å². The van der Waals surface area contributed by atoms with E-state index < -0.39 is 39.8 Å². The van der Waals surface area contributed by atoms with Gasteiger partial charge in [-0.05, 0) is 36.2 Å². The molecular weight excluding hydrogens is 437 g/mol. The summed E-state index contributed by atoms with van der Waals surface area (Å²) in [7, 11) is 1.37. The Morgan fingerprint density at radius 2 is 1.97 bits per heavy atom. The number of phenols is 1. The van der Waals surface area contributed by atoms with Gasteiger partial charge in [0.2, 0.25) is 5.91 Å². The molecule has 3 amide bonds. The number of nitrogens with one attached hydrogen (secondary N) is 2. The molecule has 11 heteroatoms. The van der Waals surface area contributed by atoms with Gasteiger partial charge in [0.05, 0.1) is 23.5 Å². The van der Waals surface area contributed by atoms with E-state index >= 15 is 0 Å². The van der Waals surface area contributed by atoms with Crippen LogP contribution in [0.4, 0.5) is 18.0 Å². The van der Waals surface area contributed by atoms with E-state index in [1.807, 2.05) is 0 Å². The van der Waals surface area contributed by atoms with Gasteiger partial charge < -0.3 is 15.2 Å². The Balaban J connectivity index is 1.73. The lowest BCUT2D eigenvalue weighted by atomic mass is 10.0. The van der Waals surface area contributed by atoms with Crippen LogP contribution in [0.2, 0.25) is 0 Å². The van der Waals surface area contributed by atoms with Crippen molar-refractivity contribution in [2.75, 3.05) is 7.11 Å². The van der Waals surface area contributed by atoms with Crippen molar-refractivity contribution >= 4 is 28.8 Å². The molecule has 1 unspecified atom stereocenters. The third kappa shape index (κ3) is 5.29. The Morgan fingerprint density at radius 3 is 2.55 bits per heavy atom. The first-order valence-corrected chi connectivity index (χ1v) is 9.82. The Morgan fingerprint density at radius 1 is 1.23 bits per heavy atom. The van der Waals surface area contributed by atoms with E-state index in [0.717, 1.165) is 23.9 Å². The summed E-state index contributed by atoms with van der Waals surface area (Å²) in [6, 6.07) is 7.20. The first-order chi connectivity index (χ1) is 14.6. The summed E-state index contributed by atoms with van der Waals surface area (Å²) >= 11 is 0.865. The lowest BCUT2D eigenvalue weighted by Crippen LogP contribution is -2.26.